The lowest BCUT2D eigenvalue weighted by Crippen LogP contribution is -2.25. The van der Waals surface area contributed by atoms with E-state index in [9.17, 15) is 0 Å². The van der Waals surface area contributed by atoms with Crippen molar-refractivity contribution in [3.8, 4) is 5.75 Å². The average Bonchev–Trinajstić information content (AvgIpc) is 2.66. The van der Waals surface area contributed by atoms with Crippen molar-refractivity contribution in [1.29, 1.82) is 0 Å². The van der Waals surface area contributed by atoms with Crippen LogP contribution in [0.4, 0.5) is 0 Å². The maximum absolute atomic E-state index is 6.11. The first kappa shape index (κ1) is 19.2. The smallest absolute Gasteiger partial charge is 0.118 e. The van der Waals surface area contributed by atoms with Crippen LogP contribution < -0.4 is 4.74 Å². The normalized spacial score (nSPS) is 13.2. The molecule has 3 nitrogen and oxygen atoms in total. The molecule has 0 saturated carbocycles. The molecule has 0 amide bonds. The zero-order valence-electron chi connectivity index (χ0n) is 15.2. The van der Waals surface area contributed by atoms with Crippen LogP contribution in [0.25, 0.3) is 0 Å². The van der Waals surface area contributed by atoms with E-state index in [1.807, 2.05) is 48.5 Å². The molecule has 2 aromatic rings. The number of hydrogen-bond acceptors (Lipinski definition) is 3. The Bertz CT molecular complexity index is 607. The summed E-state index contributed by atoms with van der Waals surface area (Å²) in [6, 6.07) is 18.2. The van der Waals surface area contributed by atoms with E-state index >= 15 is 0 Å². The van der Waals surface area contributed by atoms with Crippen LogP contribution in [0.15, 0.2) is 67.3 Å². The van der Waals surface area contributed by atoms with Crippen molar-refractivity contribution in [3.05, 3.63) is 78.4 Å². The Balaban J connectivity index is 1.80. The summed E-state index contributed by atoms with van der Waals surface area (Å²) < 4.78 is 17.2. The van der Waals surface area contributed by atoms with Gasteiger partial charge in [-0.15, -0.1) is 6.58 Å². The minimum atomic E-state index is 0.0929. The number of hydrogen-bond donors (Lipinski definition) is 0. The third kappa shape index (κ3) is 6.73. The van der Waals surface area contributed by atoms with Crippen molar-refractivity contribution in [2.24, 2.45) is 5.92 Å². The number of ether oxygens (including phenoxy) is 3. The first-order valence-electron chi connectivity index (χ1n) is 8.70. The molecule has 3 heteroatoms. The molecule has 0 spiro atoms. The second-order valence-electron chi connectivity index (χ2n) is 6.20. The van der Waals surface area contributed by atoms with Crippen LogP contribution in [0.3, 0.4) is 0 Å². The summed E-state index contributed by atoms with van der Waals surface area (Å²) in [4.78, 5) is 0. The third-order valence-electron chi connectivity index (χ3n) is 4.15. The molecule has 0 radical (unpaired) electrons. The lowest BCUT2D eigenvalue weighted by Gasteiger charge is -2.23. The lowest BCUT2D eigenvalue weighted by atomic mass is 10.0. The molecule has 0 aliphatic heterocycles. The SMILES string of the molecule is C=CC[C@@H](OCc1ccc(OC)cc1)[C@H](C)COCc1ccccc1. The largest absolute Gasteiger partial charge is 0.497 e. The first-order chi connectivity index (χ1) is 12.2. The maximum Gasteiger partial charge on any atom is 0.118 e. The van der Waals surface area contributed by atoms with Crippen LogP contribution in [0.5, 0.6) is 5.75 Å². The summed E-state index contributed by atoms with van der Waals surface area (Å²) in [5.41, 5.74) is 2.32. The number of benzene rings is 2. The fraction of sp³-hybridized carbons (Fsp3) is 0.364. The second kappa shape index (κ2) is 10.7. The monoisotopic (exact) mass is 340 g/mol. The van der Waals surface area contributed by atoms with Gasteiger partial charge in [-0.25, -0.2) is 0 Å². The lowest BCUT2D eigenvalue weighted by molar-refractivity contribution is -0.0263. The highest BCUT2D eigenvalue weighted by atomic mass is 16.5. The summed E-state index contributed by atoms with van der Waals surface area (Å²) in [7, 11) is 1.67. The molecule has 0 fully saturated rings. The van der Waals surface area contributed by atoms with E-state index in [2.05, 4.69) is 25.6 Å². The quantitative estimate of drug-likeness (QED) is 0.538. The van der Waals surface area contributed by atoms with Crippen molar-refractivity contribution in [3.63, 3.8) is 0 Å². The van der Waals surface area contributed by atoms with E-state index in [0.29, 0.717) is 25.7 Å². The molecular formula is C22H28O3. The molecule has 0 bridgehead atoms. The molecule has 134 valence electrons. The molecule has 2 aromatic carbocycles. The Morgan fingerprint density at radius 2 is 1.64 bits per heavy atom. The van der Waals surface area contributed by atoms with E-state index in [4.69, 9.17) is 14.2 Å². The predicted octanol–water partition coefficient (Wildman–Crippen LogP) is 5.01. The Morgan fingerprint density at radius 3 is 2.28 bits per heavy atom. The third-order valence-corrected chi connectivity index (χ3v) is 4.15. The van der Waals surface area contributed by atoms with Crippen molar-refractivity contribution >= 4 is 0 Å². The van der Waals surface area contributed by atoms with E-state index in [1.54, 1.807) is 7.11 Å². The molecule has 0 aromatic heterocycles. The van der Waals surface area contributed by atoms with Gasteiger partial charge in [-0.2, -0.15) is 0 Å². The fourth-order valence-corrected chi connectivity index (χ4v) is 2.60. The zero-order chi connectivity index (χ0) is 17.9. The van der Waals surface area contributed by atoms with Gasteiger partial charge in [0.25, 0.3) is 0 Å². The molecule has 0 aliphatic carbocycles. The van der Waals surface area contributed by atoms with Crippen molar-refractivity contribution in [1.82, 2.24) is 0 Å². The van der Waals surface area contributed by atoms with Gasteiger partial charge in [0, 0.05) is 5.92 Å². The minimum absolute atomic E-state index is 0.0929. The van der Waals surface area contributed by atoms with E-state index in [-0.39, 0.29) is 6.10 Å². The van der Waals surface area contributed by atoms with Gasteiger partial charge >= 0.3 is 0 Å². The molecule has 0 heterocycles. The first-order valence-corrected chi connectivity index (χ1v) is 8.70. The number of methoxy groups -OCH3 is 1. The van der Waals surface area contributed by atoms with Crippen molar-refractivity contribution < 1.29 is 14.2 Å². The Morgan fingerprint density at radius 1 is 0.960 bits per heavy atom. The van der Waals surface area contributed by atoms with Gasteiger partial charge in [-0.05, 0) is 29.7 Å². The van der Waals surface area contributed by atoms with Gasteiger partial charge in [0.1, 0.15) is 5.75 Å². The Hall–Kier alpha value is -2.10. The van der Waals surface area contributed by atoms with Gasteiger partial charge in [-0.3, -0.25) is 0 Å². The zero-order valence-corrected chi connectivity index (χ0v) is 15.2. The molecule has 2 atom stereocenters. The highest BCUT2D eigenvalue weighted by Gasteiger charge is 2.17. The van der Waals surface area contributed by atoms with Crippen LogP contribution in [-0.4, -0.2) is 19.8 Å². The minimum Gasteiger partial charge on any atom is -0.497 e. The highest BCUT2D eigenvalue weighted by molar-refractivity contribution is 5.26. The standard InChI is InChI=1S/C22H28O3/c1-4-8-22(25-17-20-11-13-21(23-3)14-12-20)18(2)15-24-16-19-9-6-5-7-10-19/h4-7,9-14,18,22H,1,8,15-17H2,2-3H3/t18-,22-/m1/s1. The summed E-state index contributed by atoms with van der Waals surface area (Å²) in [6.07, 6.45) is 2.81. The van der Waals surface area contributed by atoms with Gasteiger partial charge in [-0.1, -0.05) is 55.5 Å². The van der Waals surface area contributed by atoms with Gasteiger partial charge in [0.15, 0.2) is 0 Å². The van der Waals surface area contributed by atoms with Crippen molar-refractivity contribution in [2.75, 3.05) is 13.7 Å². The fourth-order valence-electron chi connectivity index (χ4n) is 2.60. The van der Waals surface area contributed by atoms with Gasteiger partial charge < -0.3 is 14.2 Å². The summed E-state index contributed by atoms with van der Waals surface area (Å²) in [5, 5.41) is 0. The maximum atomic E-state index is 6.11. The molecule has 0 aliphatic rings. The van der Waals surface area contributed by atoms with Crippen LogP contribution >= 0.6 is 0 Å². The molecule has 0 saturated heterocycles. The van der Waals surface area contributed by atoms with Crippen LogP contribution in [0, 0.1) is 5.92 Å². The number of rotatable bonds is 11. The highest BCUT2D eigenvalue weighted by Crippen LogP contribution is 2.18. The van der Waals surface area contributed by atoms with Gasteiger partial charge in [0.2, 0.25) is 0 Å². The Labute approximate surface area is 151 Å². The molecular weight excluding hydrogens is 312 g/mol. The van der Waals surface area contributed by atoms with E-state index in [1.165, 1.54) is 5.56 Å². The molecule has 0 unspecified atom stereocenters. The second-order valence-corrected chi connectivity index (χ2v) is 6.20. The molecule has 2 rings (SSSR count). The predicted molar refractivity (Wildman–Crippen MR) is 102 cm³/mol. The van der Waals surface area contributed by atoms with E-state index < -0.39 is 0 Å². The topological polar surface area (TPSA) is 27.7 Å². The Kier molecular flexibility index (Phi) is 8.23. The summed E-state index contributed by atoms with van der Waals surface area (Å²) >= 11 is 0. The van der Waals surface area contributed by atoms with Crippen LogP contribution in [-0.2, 0) is 22.7 Å². The summed E-state index contributed by atoms with van der Waals surface area (Å²) in [6.45, 7) is 7.88. The summed E-state index contributed by atoms with van der Waals surface area (Å²) in [5.74, 6) is 1.15. The van der Waals surface area contributed by atoms with E-state index in [0.717, 1.165) is 17.7 Å². The average molecular weight is 340 g/mol. The molecule has 0 N–H and O–H groups in total. The van der Waals surface area contributed by atoms with Crippen LogP contribution in [0.2, 0.25) is 0 Å². The molecule has 25 heavy (non-hydrogen) atoms. The van der Waals surface area contributed by atoms with Gasteiger partial charge in [0.05, 0.1) is 33.0 Å². The van der Waals surface area contributed by atoms with Crippen LogP contribution in [0.1, 0.15) is 24.5 Å². The van der Waals surface area contributed by atoms with Crippen molar-refractivity contribution in [2.45, 2.75) is 32.7 Å².